The molecular formula is C12H11N2OY-. The van der Waals surface area contributed by atoms with Gasteiger partial charge in [0.1, 0.15) is 0 Å². The van der Waals surface area contributed by atoms with E-state index < -0.39 is 0 Å². The Morgan fingerprint density at radius 3 is 2.88 bits per heavy atom. The topological polar surface area (TPSA) is 34.9 Å². The maximum Gasteiger partial charge on any atom is 0.249 e. The molecule has 16 heavy (non-hydrogen) atoms. The molecule has 2 aromatic heterocycles. The summed E-state index contributed by atoms with van der Waals surface area (Å²) in [6.45, 7) is 2.43. The van der Waals surface area contributed by atoms with Crippen LogP contribution in [0.1, 0.15) is 11.3 Å². The molecule has 0 aliphatic heterocycles. The quantitative estimate of drug-likeness (QED) is 0.783. The zero-order valence-electron chi connectivity index (χ0n) is 9.05. The average molecular weight is 288 g/mol. The first-order valence-corrected chi connectivity index (χ1v) is 4.74. The van der Waals surface area contributed by atoms with Crippen LogP contribution in [0.25, 0.3) is 0 Å². The SMILES string of the molecule is Cc1[c-]cc(Cn2ccccc2=O)nc1.[Y]. The van der Waals surface area contributed by atoms with Gasteiger partial charge in [0.25, 0.3) is 0 Å². The van der Waals surface area contributed by atoms with Crippen LogP contribution in [-0.2, 0) is 39.3 Å². The Hall–Kier alpha value is -0.796. The largest absolute Gasteiger partial charge is 0.386 e. The van der Waals surface area contributed by atoms with Crippen LogP contribution in [0.5, 0.6) is 0 Å². The monoisotopic (exact) mass is 288 g/mol. The smallest absolute Gasteiger partial charge is 0.249 e. The minimum atomic E-state index is -0.0140. The number of rotatable bonds is 2. The molecule has 1 radical (unpaired) electrons. The van der Waals surface area contributed by atoms with Crippen molar-refractivity contribution < 1.29 is 32.7 Å². The number of hydrogen-bond acceptors (Lipinski definition) is 2. The minimum Gasteiger partial charge on any atom is -0.386 e. The summed E-state index contributed by atoms with van der Waals surface area (Å²) in [7, 11) is 0. The number of nitrogens with zero attached hydrogens (tertiary/aromatic N) is 2. The number of aromatic nitrogens is 2. The van der Waals surface area contributed by atoms with E-state index in [0.29, 0.717) is 6.54 Å². The summed E-state index contributed by atoms with van der Waals surface area (Å²) in [5, 5.41) is 0. The van der Waals surface area contributed by atoms with E-state index in [4.69, 9.17) is 0 Å². The molecule has 0 N–H and O–H groups in total. The number of hydrogen-bond donors (Lipinski definition) is 0. The molecule has 2 aromatic rings. The van der Waals surface area contributed by atoms with Crippen molar-refractivity contribution in [2.75, 3.05) is 0 Å². The standard InChI is InChI=1S/C12H11N2O.Y/c1-10-5-6-11(13-8-10)9-14-7-3-2-4-12(14)15;/h2-4,6-8H,9H2,1H3;/q-1;. The van der Waals surface area contributed by atoms with Gasteiger partial charge >= 0.3 is 0 Å². The van der Waals surface area contributed by atoms with Crippen LogP contribution >= 0.6 is 0 Å². The molecule has 0 atom stereocenters. The summed E-state index contributed by atoms with van der Waals surface area (Å²) >= 11 is 0. The van der Waals surface area contributed by atoms with E-state index in [9.17, 15) is 4.79 Å². The van der Waals surface area contributed by atoms with Gasteiger partial charge in [-0.2, -0.15) is 12.1 Å². The minimum absolute atomic E-state index is 0. The predicted octanol–water partition coefficient (Wildman–Crippen LogP) is 1.40. The first kappa shape index (κ1) is 13.3. The van der Waals surface area contributed by atoms with Crippen molar-refractivity contribution in [3.05, 3.63) is 64.3 Å². The molecule has 0 amide bonds. The predicted molar refractivity (Wildman–Crippen MR) is 57.6 cm³/mol. The molecule has 0 saturated heterocycles. The molecule has 0 aliphatic rings. The van der Waals surface area contributed by atoms with Gasteiger partial charge in [0, 0.05) is 51.5 Å². The van der Waals surface area contributed by atoms with E-state index in [1.165, 1.54) is 6.07 Å². The molecular weight excluding hydrogens is 277 g/mol. The molecule has 0 aliphatic carbocycles. The van der Waals surface area contributed by atoms with Crippen molar-refractivity contribution in [1.82, 2.24) is 9.55 Å². The molecule has 0 spiro atoms. The van der Waals surface area contributed by atoms with E-state index in [1.807, 2.05) is 19.1 Å². The summed E-state index contributed by atoms with van der Waals surface area (Å²) in [6.07, 6.45) is 3.51. The summed E-state index contributed by atoms with van der Waals surface area (Å²) in [4.78, 5) is 15.6. The number of aryl methyl sites for hydroxylation is 1. The fourth-order valence-corrected chi connectivity index (χ4v) is 1.30. The van der Waals surface area contributed by atoms with Crippen molar-refractivity contribution in [1.29, 1.82) is 0 Å². The van der Waals surface area contributed by atoms with E-state index in [2.05, 4.69) is 11.1 Å². The first-order valence-electron chi connectivity index (χ1n) is 4.74. The van der Waals surface area contributed by atoms with E-state index in [-0.39, 0.29) is 38.3 Å². The summed E-state index contributed by atoms with van der Waals surface area (Å²) < 4.78 is 1.62. The fourth-order valence-electron chi connectivity index (χ4n) is 1.30. The van der Waals surface area contributed by atoms with Gasteiger partial charge < -0.3 is 9.55 Å². The second-order valence-electron chi connectivity index (χ2n) is 3.39. The van der Waals surface area contributed by atoms with Gasteiger partial charge in [0.15, 0.2) is 0 Å². The van der Waals surface area contributed by atoms with Crippen LogP contribution < -0.4 is 5.56 Å². The maximum absolute atomic E-state index is 11.4. The Labute approximate surface area is 119 Å². The van der Waals surface area contributed by atoms with Crippen molar-refractivity contribution in [2.24, 2.45) is 0 Å². The van der Waals surface area contributed by atoms with Gasteiger partial charge in [-0.3, -0.25) is 4.79 Å². The fraction of sp³-hybridized carbons (Fsp3) is 0.167. The molecule has 2 heterocycles. The van der Waals surface area contributed by atoms with Crippen molar-refractivity contribution in [3.8, 4) is 0 Å². The molecule has 0 unspecified atom stereocenters. The summed E-state index contributed by atoms with van der Waals surface area (Å²) in [6, 6.07) is 9.98. The van der Waals surface area contributed by atoms with Gasteiger partial charge in [0.2, 0.25) is 5.56 Å². The van der Waals surface area contributed by atoms with Crippen LogP contribution in [0.4, 0.5) is 0 Å². The van der Waals surface area contributed by atoms with Crippen LogP contribution in [0.3, 0.4) is 0 Å². The van der Waals surface area contributed by atoms with Crippen molar-refractivity contribution >= 4 is 0 Å². The Bertz CT molecular complexity index is 505. The van der Waals surface area contributed by atoms with Crippen LogP contribution in [0.15, 0.2) is 41.5 Å². The molecule has 4 heteroatoms. The Morgan fingerprint density at radius 1 is 1.44 bits per heavy atom. The third-order valence-electron chi connectivity index (χ3n) is 2.12. The third-order valence-corrected chi connectivity index (χ3v) is 2.12. The van der Waals surface area contributed by atoms with Gasteiger partial charge in [-0.25, -0.2) is 0 Å². The molecule has 79 valence electrons. The molecule has 2 rings (SSSR count). The van der Waals surface area contributed by atoms with E-state index in [1.54, 1.807) is 23.0 Å². The first-order chi connectivity index (χ1) is 7.25. The third kappa shape index (κ3) is 3.36. The molecule has 3 nitrogen and oxygen atoms in total. The Kier molecular flexibility index (Phi) is 5.03. The van der Waals surface area contributed by atoms with Crippen molar-refractivity contribution in [2.45, 2.75) is 13.5 Å². The normalized spacial score (nSPS) is 9.56. The second kappa shape index (κ2) is 6.07. The zero-order chi connectivity index (χ0) is 10.7. The summed E-state index contributed by atoms with van der Waals surface area (Å²) in [5.74, 6) is 0. The average Bonchev–Trinajstić information content (AvgIpc) is 2.25. The Morgan fingerprint density at radius 2 is 2.25 bits per heavy atom. The van der Waals surface area contributed by atoms with Crippen molar-refractivity contribution in [3.63, 3.8) is 0 Å². The van der Waals surface area contributed by atoms with Crippen LogP contribution in [-0.4, -0.2) is 9.55 Å². The van der Waals surface area contributed by atoms with Gasteiger partial charge in [-0.15, -0.1) is 5.56 Å². The van der Waals surface area contributed by atoms with Crippen LogP contribution in [0, 0.1) is 13.0 Å². The van der Waals surface area contributed by atoms with E-state index in [0.717, 1.165) is 11.3 Å². The van der Waals surface area contributed by atoms with E-state index >= 15 is 0 Å². The van der Waals surface area contributed by atoms with Gasteiger partial charge in [0.05, 0.1) is 0 Å². The molecule has 0 fully saturated rings. The second-order valence-corrected chi connectivity index (χ2v) is 3.39. The van der Waals surface area contributed by atoms with Gasteiger partial charge in [-0.1, -0.05) is 24.9 Å². The maximum atomic E-state index is 11.4. The Balaban J connectivity index is 0.00000128. The summed E-state index contributed by atoms with van der Waals surface area (Å²) in [5.41, 5.74) is 1.83. The zero-order valence-corrected chi connectivity index (χ0v) is 11.9. The number of pyridine rings is 2. The molecule has 0 saturated carbocycles. The molecule has 0 bridgehead atoms. The van der Waals surface area contributed by atoms with Crippen LogP contribution in [0.2, 0.25) is 0 Å². The molecule has 0 aromatic carbocycles. The van der Waals surface area contributed by atoms with Gasteiger partial charge in [-0.05, 0) is 6.07 Å².